The van der Waals surface area contributed by atoms with Crippen molar-refractivity contribution in [3.63, 3.8) is 0 Å². The zero-order valence-electron chi connectivity index (χ0n) is 9.43. The summed E-state index contributed by atoms with van der Waals surface area (Å²) in [5.74, 6) is 0. The van der Waals surface area contributed by atoms with Crippen LogP contribution in [0.2, 0.25) is 0 Å². The van der Waals surface area contributed by atoms with Crippen LogP contribution in [0.4, 0.5) is 0 Å². The number of para-hydroxylation sites is 1. The number of fused-ring (bicyclic) bond motifs is 2. The summed E-state index contributed by atoms with van der Waals surface area (Å²) in [4.78, 5) is 0. The van der Waals surface area contributed by atoms with Crippen LogP contribution in [-0.4, -0.2) is 28.4 Å². The van der Waals surface area contributed by atoms with Crippen molar-refractivity contribution >= 4 is 16.5 Å². The average molecular weight is 226 g/mol. The average Bonchev–Trinajstić information content (AvgIpc) is 2.75. The second-order valence-corrected chi connectivity index (χ2v) is 4.86. The summed E-state index contributed by atoms with van der Waals surface area (Å²) in [6, 6.07) is 8.88. The highest BCUT2D eigenvalue weighted by Gasteiger charge is 2.28. The number of rotatable bonds is 0. The van der Waals surface area contributed by atoms with Crippen molar-refractivity contribution in [2.45, 2.75) is 18.7 Å². The van der Waals surface area contributed by atoms with Crippen molar-refractivity contribution in [2.75, 3.05) is 6.54 Å². The number of aliphatic hydroxyl groups is 1. The molecule has 2 aliphatic heterocycles. The van der Waals surface area contributed by atoms with E-state index in [0.29, 0.717) is 12.6 Å². The van der Waals surface area contributed by atoms with Gasteiger partial charge in [-0.15, -0.1) is 0 Å². The van der Waals surface area contributed by atoms with Crippen LogP contribution in [0.1, 0.15) is 5.56 Å². The molecular weight excluding hydrogens is 212 g/mol. The topological polar surface area (TPSA) is 37.2 Å². The third-order valence-electron chi connectivity index (χ3n) is 3.80. The summed E-state index contributed by atoms with van der Waals surface area (Å²) < 4.78 is 2.30. The van der Waals surface area contributed by atoms with Gasteiger partial charge in [-0.2, -0.15) is 0 Å². The molecule has 0 spiro atoms. The molecule has 2 aromatic rings. The number of hydrogen-bond donors (Lipinski definition) is 2. The van der Waals surface area contributed by atoms with E-state index in [1.54, 1.807) is 0 Å². The maximum absolute atomic E-state index is 9.76. The van der Waals surface area contributed by atoms with Crippen molar-refractivity contribution in [3.8, 4) is 0 Å². The number of β-amino-alcohol motifs (C(OH)–C–C–N with tert-alkyl or cyclic N) is 1. The standard InChI is InChI=1S/C14H14N2O/c17-10-6-12-11-3-1-2-9-4-5-16(14(9)11)8-13(12)15-7-10/h1-6,10,13,15,17H,7-8H2. The highest BCUT2D eigenvalue weighted by molar-refractivity contribution is 5.94. The van der Waals surface area contributed by atoms with Gasteiger partial charge in [-0.05, 0) is 17.7 Å². The molecule has 86 valence electrons. The Balaban J connectivity index is 2.04. The predicted octanol–water partition coefficient (Wildman–Crippen LogP) is 1.37. The normalized spacial score (nSPS) is 26.8. The third kappa shape index (κ3) is 1.24. The third-order valence-corrected chi connectivity index (χ3v) is 3.80. The first-order valence-corrected chi connectivity index (χ1v) is 6.04. The highest BCUT2D eigenvalue weighted by atomic mass is 16.3. The molecule has 0 saturated carbocycles. The number of benzene rings is 1. The van der Waals surface area contributed by atoms with Crippen LogP contribution in [0.15, 0.2) is 36.5 Å². The van der Waals surface area contributed by atoms with Gasteiger partial charge in [0.1, 0.15) is 0 Å². The summed E-state index contributed by atoms with van der Waals surface area (Å²) in [6.07, 6.45) is 3.79. The van der Waals surface area contributed by atoms with Crippen LogP contribution in [0.25, 0.3) is 16.5 Å². The van der Waals surface area contributed by atoms with Crippen LogP contribution in [0.3, 0.4) is 0 Å². The lowest BCUT2D eigenvalue weighted by molar-refractivity contribution is 0.208. The highest BCUT2D eigenvalue weighted by Crippen LogP contribution is 2.34. The second-order valence-electron chi connectivity index (χ2n) is 4.86. The molecule has 1 aromatic heterocycles. The summed E-state index contributed by atoms with van der Waals surface area (Å²) in [7, 11) is 0. The molecule has 4 rings (SSSR count). The molecule has 0 aliphatic carbocycles. The molecule has 1 aromatic carbocycles. The molecule has 3 nitrogen and oxygen atoms in total. The van der Waals surface area contributed by atoms with Gasteiger partial charge in [0.15, 0.2) is 0 Å². The van der Waals surface area contributed by atoms with Gasteiger partial charge in [-0.1, -0.05) is 18.2 Å². The molecule has 2 atom stereocenters. The first-order chi connectivity index (χ1) is 8.33. The fraction of sp³-hybridized carbons (Fsp3) is 0.286. The van der Waals surface area contributed by atoms with E-state index in [9.17, 15) is 5.11 Å². The van der Waals surface area contributed by atoms with E-state index in [1.165, 1.54) is 22.0 Å². The van der Waals surface area contributed by atoms with E-state index < -0.39 is 0 Å². The maximum atomic E-state index is 9.76. The van der Waals surface area contributed by atoms with Crippen LogP contribution >= 0.6 is 0 Å². The lowest BCUT2D eigenvalue weighted by Gasteiger charge is -2.33. The van der Waals surface area contributed by atoms with Crippen LogP contribution in [0, 0.1) is 0 Å². The quantitative estimate of drug-likeness (QED) is 0.712. The summed E-state index contributed by atoms with van der Waals surface area (Å²) >= 11 is 0. The van der Waals surface area contributed by atoms with Gasteiger partial charge >= 0.3 is 0 Å². The molecule has 3 heterocycles. The van der Waals surface area contributed by atoms with Crippen LogP contribution < -0.4 is 5.32 Å². The lowest BCUT2D eigenvalue weighted by atomic mass is 9.90. The molecular formula is C14H14N2O. The van der Waals surface area contributed by atoms with E-state index >= 15 is 0 Å². The second kappa shape index (κ2) is 3.22. The Morgan fingerprint density at radius 3 is 3.18 bits per heavy atom. The molecule has 0 amide bonds. The number of hydrogen-bond acceptors (Lipinski definition) is 2. The van der Waals surface area contributed by atoms with Crippen molar-refractivity contribution < 1.29 is 5.11 Å². The zero-order valence-corrected chi connectivity index (χ0v) is 9.43. The SMILES string of the molecule is OC1C=C2c3cccc4ccn(c34)CC2NC1. The van der Waals surface area contributed by atoms with E-state index in [1.807, 2.05) is 6.08 Å². The molecule has 2 unspecified atom stereocenters. The largest absolute Gasteiger partial charge is 0.388 e. The molecule has 0 saturated heterocycles. The maximum Gasteiger partial charge on any atom is 0.0852 e. The van der Waals surface area contributed by atoms with Gasteiger partial charge in [-0.3, -0.25) is 0 Å². The predicted molar refractivity (Wildman–Crippen MR) is 67.7 cm³/mol. The van der Waals surface area contributed by atoms with Crippen LogP contribution in [-0.2, 0) is 6.54 Å². The fourth-order valence-electron chi connectivity index (χ4n) is 3.04. The Morgan fingerprint density at radius 1 is 1.29 bits per heavy atom. The summed E-state index contributed by atoms with van der Waals surface area (Å²) in [6.45, 7) is 1.61. The molecule has 0 fully saturated rings. The van der Waals surface area contributed by atoms with Gasteiger partial charge in [-0.25, -0.2) is 0 Å². The lowest BCUT2D eigenvalue weighted by Crippen LogP contribution is -2.44. The number of aliphatic hydroxyl groups excluding tert-OH is 1. The van der Waals surface area contributed by atoms with Crippen LogP contribution in [0.5, 0.6) is 0 Å². The minimum absolute atomic E-state index is 0.337. The molecule has 2 aliphatic rings. The van der Waals surface area contributed by atoms with Crippen molar-refractivity contribution in [1.82, 2.24) is 9.88 Å². The van der Waals surface area contributed by atoms with E-state index in [2.05, 4.69) is 40.3 Å². The minimum atomic E-state index is -0.363. The summed E-state index contributed by atoms with van der Waals surface area (Å²) in [5, 5.41) is 14.4. The first kappa shape index (κ1) is 9.45. The zero-order chi connectivity index (χ0) is 11.4. The molecule has 3 heteroatoms. The van der Waals surface area contributed by atoms with Crippen molar-refractivity contribution in [2.24, 2.45) is 0 Å². The van der Waals surface area contributed by atoms with Gasteiger partial charge in [0.25, 0.3) is 0 Å². The van der Waals surface area contributed by atoms with E-state index in [0.717, 1.165) is 6.54 Å². The minimum Gasteiger partial charge on any atom is -0.388 e. The Hall–Kier alpha value is -1.58. The Kier molecular flexibility index (Phi) is 1.79. The van der Waals surface area contributed by atoms with Crippen molar-refractivity contribution in [1.29, 1.82) is 0 Å². The monoisotopic (exact) mass is 226 g/mol. The molecule has 17 heavy (non-hydrogen) atoms. The smallest absolute Gasteiger partial charge is 0.0852 e. The fourth-order valence-corrected chi connectivity index (χ4v) is 3.04. The molecule has 0 bridgehead atoms. The Labute approximate surface area is 99.4 Å². The number of nitrogens with one attached hydrogen (secondary N) is 1. The Morgan fingerprint density at radius 2 is 2.24 bits per heavy atom. The van der Waals surface area contributed by atoms with Gasteiger partial charge < -0.3 is 15.0 Å². The summed E-state index contributed by atoms with van der Waals surface area (Å²) in [5.41, 5.74) is 3.81. The van der Waals surface area contributed by atoms with E-state index in [4.69, 9.17) is 0 Å². The van der Waals surface area contributed by atoms with Gasteiger partial charge in [0.05, 0.1) is 17.7 Å². The van der Waals surface area contributed by atoms with Crippen molar-refractivity contribution in [3.05, 3.63) is 42.1 Å². The van der Waals surface area contributed by atoms with E-state index in [-0.39, 0.29) is 6.10 Å². The number of aromatic nitrogens is 1. The first-order valence-electron chi connectivity index (χ1n) is 6.04. The molecule has 0 radical (unpaired) electrons. The Bertz CT molecular complexity index is 626. The number of nitrogens with zero attached hydrogens (tertiary/aromatic N) is 1. The van der Waals surface area contributed by atoms with Gasteiger partial charge in [0.2, 0.25) is 0 Å². The van der Waals surface area contributed by atoms with Gasteiger partial charge in [0, 0.05) is 30.2 Å². The molecule has 2 N–H and O–H groups in total.